The highest BCUT2D eigenvalue weighted by Gasteiger charge is 2.29. The van der Waals surface area contributed by atoms with Crippen molar-refractivity contribution in [1.82, 2.24) is 4.90 Å². The van der Waals surface area contributed by atoms with Crippen molar-refractivity contribution >= 4 is 12.6 Å². The molecule has 84 valence electrons. The molecule has 0 bridgehead atoms. The van der Waals surface area contributed by atoms with Crippen LogP contribution in [0.2, 0.25) is 0 Å². The average Bonchev–Trinajstić information content (AvgIpc) is 2.01. The van der Waals surface area contributed by atoms with Crippen molar-refractivity contribution in [2.75, 3.05) is 25.4 Å². The van der Waals surface area contributed by atoms with Gasteiger partial charge in [-0.25, -0.2) is 0 Å². The molecule has 0 radical (unpaired) electrons. The molecule has 0 N–H and O–H groups in total. The Kier molecular flexibility index (Phi) is 3.93. The zero-order chi connectivity index (χ0) is 10.8. The molecule has 1 rings (SSSR count). The molecule has 1 aliphatic heterocycles. The van der Waals surface area contributed by atoms with Gasteiger partial charge < -0.3 is 4.90 Å². The Morgan fingerprint density at radius 3 is 2.50 bits per heavy atom. The second-order valence-electron chi connectivity index (χ2n) is 6.30. The molecule has 0 spiro atoms. The maximum atomic E-state index is 4.42. The number of hydrogen-bond acceptors (Lipinski definition) is 2. The average molecular weight is 215 g/mol. The summed E-state index contributed by atoms with van der Waals surface area (Å²) in [6.45, 7) is 13.1. The Morgan fingerprint density at radius 2 is 2.00 bits per heavy atom. The maximum absolute atomic E-state index is 4.42. The molecular formula is C12H25NS. The highest BCUT2D eigenvalue weighted by atomic mass is 32.1. The summed E-state index contributed by atoms with van der Waals surface area (Å²) in [4.78, 5) is 2.61. The first-order valence-corrected chi connectivity index (χ1v) is 6.31. The van der Waals surface area contributed by atoms with Crippen molar-refractivity contribution in [2.24, 2.45) is 10.8 Å². The largest absolute Gasteiger partial charge is 0.302 e. The lowest BCUT2D eigenvalue weighted by Gasteiger charge is -2.41. The highest BCUT2D eigenvalue weighted by Crippen LogP contribution is 2.30. The van der Waals surface area contributed by atoms with Gasteiger partial charge in [0.2, 0.25) is 0 Å². The summed E-state index contributed by atoms with van der Waals surface area (Å²) in [7, 11) is 0. The number of thiol groups is 1. The summed E-state index contributed by atoms with van der Waals surface area (Å²) in [6, 6.07) is 0. The van der Waals surface area contributed by atoms with Gasteiger partial charge in [-0.3, -0.25) is 0 Å². The molecule has 1 nitrogen and oxygen atoms in total. The summed E-state index contributed by atoms with van der Waals surface area (Å²) in [5.74, 6) is 0.976. The molecule has 0 saturated carbocycles. The van der Waals surface area contributed by atoms with Gasteiger partial charge in [-0.1, -0.05) is 27.7 Å². The number of hydrogen-bond donors (Lipinski definition) is 1. The first-order valence-electron chi connectivity index (χ1n) is 5.68. The third kappa shape index (κ3) is 3.82. The molecule has 0 aromatic heterocycles. The van der Waals surface area contributed by atoms with Gasteiger partial charge in [-0.2, -0.15) is 12.6 Å². The fourth-order valence-electron chi connectivity index (χ4n) is 2.33. The molecule has 1 fully saturated rings. The van der Waals surface area contributed by atoms with Gasteiger partial charge in [0.1, 0.15) is 0 Å². The SMILES string of the molecule is CC(C)(CS)CN1CCCC(C)(C)C1. The molecule has 0 atom stereocenters. The van der Waals surface area contributed by atoms with E-state index in [1.807, 2.05) is 0 Å². The fraction of sp³-hybridized carbons (Fsp3) is 1.00. The van der Waals surface area contributed by atoms with Gasteiger partial charge >= 0.3 is 0 Å². The van der Waals surface area contributed by atoms with Crippen LogP contribution in [0.25, 0.3) is 0 Å². The Labute approximate surface area is 94.7 Å². The quantitative estimate of drug-likeness (QED) is 0.708. The van der Waals surface area contributed by atoms with Crippen molar-refractivity contribution < 1.29 is 0 Å². The fourth-order valence-corrected chi connectivity index (χ4v) is 2.43. The van der Waals surface area contributed by atoms with Gasteiger partial charge in [0.05, 0.1) is 0 Å². The molecule has 1 aliphatic rings. The van der Waals surface area contributed by atoms with Crippen LogP contribution in [-0.2, 0) is 0 Å². The lowest BCUT2D eigenvalue weighted by atomic mass is 9.83. The normalized spacial score (nSPS) is 23.8. The van der Waals surface area contributed by atoms with Gasteiger partial charge in [-0.15, -0.1) is 0 Å². The van der Waals surface area contributed by atoms with Crippen LogP contribution in [0.4, 0.5) is 0 Å². The first-order chi connectivity index (χ1) is 6.35. The molecule has 14 heavy (non-hydrogen) atoms. The van der Waals surface area contributed by atoms with Gasteiger partial charge in [0.25, 0.3) is 0 Å². The van der Waals surface area contributed by atoms with Crippen LogP contribution in [0.3, 0.4) is 0 Å². The summed E-state index contributed by atoms with van der Waals surface area (Å²) in [6.07, 6.45) is 2.74. The molecule has 0 amide bonds. The van der Waals surface area contributed by atoms with E-state index in [0.29, 0.717) is 10.8 Å². The molecule has 0 aromatic rings. The van der Waals surface area contributed by atoms with Crippen molar-refractivity contribution in [3.8, 4) is 0 Å². The van der Waals surface area contributed by atoms with E-state index in [2.05, 4.69) is 45.2 Å². The Hall–Kier alpha value is 0.310. The first kappa shape index (κ1) is 12.4. The molecule has 1 saturated heterocycles. The predicted molar refractivity (Wildman–Crippen MR) is 67.1 cm³/mol. The van der Waals surface area contributed by atoms with E-state index in [4.69, 9.17) is 0 Å². The zero-order valence-corrected chi connectivity index (χ0v) is 11.0. The van der Waals surface area contributed by atoms with Crippen LogP contribution in [0.15, 0.2) is 0 Å². The topological polar surface area (TPSA) is 3.24 Å². The number of piperidine rings is 1. The van der Waals surface area contributed by atoms with Crippen LogP contribution in [0.5, 0.6) is 0 Å². The minimum Gasteiger partial charge on any atom is -0.302 e. The second-order valence-corrected chi connectivity index (χ2v) is 6.62. The Morgan fingerprint density at radius 1 is 1.36 bits per heavy atom. The molecule has 0 unspecified atom stereocenters. The summed E-state index contributed by atoms with van der Waals surface area (Å²) in [5.41, 5.74) is 0.876. The number of likely N-dealkylation sites (tertiary alicyclic amines) is 1. The molecule has 1 heterocycles. The van der Waals surface area contributed by atoms with E-state index in [1.54, 1.807) is 0 Å². The van der Waals surface area contributed by atoms with Crippen molar-refractivity contribution in [3.05, 3.63) is 0 Å². The third-order valence-corrected chi connectivity index (χ3v) is 3.92. The monoisotopic (exact) mass is 215 g/mol. The third-order valence-electron chi connectivity index (χ3n) is 3.06. The lowest BCUT2D eigenvalue weighted by molar-refractivity contribution is 0.0877. The Bertz CT molecular complexity index is 187. The number of nitrogens with zero attached hydrogens (tertiary/aromatic N) is 1. The van der Waals surface area contributed by atoms with Crippen molar-refractivity contribution in [2.45, 2.75) is 40.5 Å². The minimum atomic E-state index is 0.358. The maximum Gasteiger partial charge on any atom is 0.00407 e. The predicted octanol–water partition coefficient (Wildman–Crippen LogP) is 3.06. The second kappa shape index (κ2) is 4.44. The van der Waals surface area contributed by atoms with Crippen molar-refractivity contribution in [1.29, 1.82) is 0 Å². The van der Waals surface area contributed by atoms with Gasteiger partial charge in [0, 0.05) is 13.1 Å². The van der Waals surface area contributed by atoms with E-state index in [0.717, 1.165) is 5.75 Å². The van der Waals surface area contributed by atoms with E-state index in [9.17, 15) is 0 Å². The van der Waals surface area contributed by atoms with Crippen LogP contribution in [-0.4, -0.2) is 30.3 Å². The standard InChI is InChI=1S/C12H25NS/c1-11(2)6-5-7-13(8-11)9-12(3,4)10-14/h14H,5-10H2,1-4H3. The van der Waals surface area contributed by atoms with Crippen LogP contribution in [0, 0.1) is 10.8 Å². The lowest BCUT2D eigenvalue weighted by Crippen LogP contribution is -2.44. The van der Waals surface area contributed by atoms with Gasteiger partial charge in [-0.05, 0) is 36.0 Å². The summed E-state index contributed by atoms with van der Waals surface area (Å²) >= 11 is 4.42. The van der Waals surface area contributed by atoms with E-state index >= 15 is 0 Å². The number of rotatable bonds is 3. The zero-order valence-electron chi connectivity index (χ0n) is 10.1. The van der Waals surface area contributed by atoms with Crippen LogP contribution < -0.4 is 0 Å². The highest BCUT2D eigenvalue weighted by molar-refractivity contribution is 7.80. The van der Waals surface area contributed by atoms with E-state index in [1.165, 1.54) is 32.5 Å². The van der Waals surface area contributed by atoms with E-state index < -0.39 is 0 Å². The minimum absolute atomic E-state index is 0.358. The smallest absolute Gasteiger partial charge is 0.00407 e. The summed E-state index contributed by atoms with van der Waals surface area (Å²) in [5, 5.41) is 0. The van der Waals surface area contributed by atoms with Crippen LogP contribution in [0.1, 0.15) is 40.5 Å². The van der Waals surface area contributed by atoms with E-state index in [-0.39, 0.29) is 0 Å². The summed E-state index contributed by atoms with van der Waals surface area (Å²) < 4.78 is 0. The molecule has 0 aromatic carbocycles. The van der Waals surface area contributed by atoms with Crippen LogP contribution >= 0.6 is 12.6 Å². The molecule has 0 aliphatic carbocycles. The van der Waals surface area contributed by atoms with Gasteiger partial charge in [0.15, 0.2) is 0 Å². The molecule has 2 heteroatoms. The molecular weight excluding hydrogens is 190 g/mol. The Balaban J connectivity index is 2.46. The van der Waals surface area contributed by atoms with Crippen molar-refractivity contribution in [3.63, 3.8) is 0 Å².